The van der Waals surface area contributed by atoms with Crippen molar-refractivity contribution in [1.29, 1.82) is 0 Å². The first-order valence-electron chi connectivity index (χ1n) is 23.4. The first-order chi connectivity index (χ1) is 33.0. The summed E-state index contributed by atoms with van der Waals surface area (Å²) in [7, 11) is 0. The van der Waals surface area contributed by atoms with E-state index in [1.165, 1.54) is 121 Å². The SMILES string of the molecule is CC1(C)c2ccccc2-c2cc(-c3c4cccc(-c5cccc6c7ccccc7n(-c7ccccc7)c56)c4cc4c(-c5cccc6c7ccccc7n(-c7ccccc7)c56)cccc34)ccc21. The maximum atomic E-state index is 2.51. The first-order valence-corrected chi connectivity index (χ1v) is 23.4. The highest BCUT2D eigenvalue weighted by Gasteiger charge is 2.35. The van der Waals surface area contributed by atoms with Crippen molar-refractivity contribution in [2.24, 2.45) is 0 Å². The lowest BCUT2D eigenvalue weighted by Gasteiger charge is -2.22. The van der Waals surface area contributed by atoms with Gasteiger partial charge in [-0.3, -0.25) is 0 Å². The summed E-state index contributed by atoms with van der Waals surface area (Å²) in [5, 5.41) is 9.93. The van der Waals surface area contributed by atoms with Crippen LogP contribution in [-0.4, -0.2) is 9.13 Å². The van der Waals surface area contributed by atoms with Crippen LogP contribution in [0.5, 0.6) is 0 Å². The molecule has 2 heteroatoms. The fraction of sp³-hybridized carbons (Fsp3) is 0.0462. The van der Waals surface area contributed by atoms with Gasteiger partial charge in [0, 0.05) is 49.5 Å². The van der Waals surface area contributed by atoms with Crippen molar-refractivity contribution in [3.05, 3.63) is 242 Å². The van der Waals surface area contributed by atoms with E-state index in [1.54, 1.807) is 0 Å². The minimum Gasteiger partial charge on any atom is -0.309 e. The number of rotatable bonds is 5. The van der Waals surface area contributed by atoms with Gasteiger partial charge in [-0.25, -0.2) is 0 Å². The van der Waals surface area contributed by atoms with Crippen molar-refractivity contribution in [3.63, 3.8) is 0 Å². The molecule has 0 saturated heterocycles. The third-order valence-electron chi connectivity index (χ3n) is 14.9. The standard InChI is InChI=1S/C65H44N2/c1-65(2)58-34-12-9-23-46(58)57-39-41(37-38-59(57)65)62-49-28-15-26-44(51-30-17-32-53-47-24-10-13-35-60(47)66(63(51)53)42-19-5-3-6-20-42)55(49)40-56-45(27-16-29-50(56)62)52-31-18-33-54-48-25-11-14-36-61(48)67(64(52)54)43-21-7-4-8-22-43/h3-40H,1-2H3. The van der Waals surface area contributed by atoms with Gasteiger partial charge in [-0.1, -0.05) is 196 Å². The van der Waals surface area contributed by atoms with E-state index in [0.717, 1.165) is 11.4 Å². The predicted octanol–water partition coefficient (Wildman–Crippen LogP) is 17.5. The summed E-state index contributed by atoms with van der Waals surface area (Å²) in [5.74, 6) is 0. The molecule has 0 unspecified atom stereocenters. The second-order valence-electron chi connectivity index (χ2n) is 18.8. The molecule has 0 fully saturated rings. The van der Waals surface area contributed by atoms with E-state index in [0.29, 0.717) is 0 Å². The molecule has 0 spiro atoms. The summed E-state index contributed by atoms with van der Waals surface area (Å²) in [5.41, 5.74) is 19.8. The summed E-state index contributed by atoms with van der Waals surface area (Å²) < 4.78 is 4.93. The Hall–Kier alpha value is -8.46. The highest BCUT2D eigenvalue weighted by atomic mass is 15.0. The normalized spacial score (nSPS) is 13.0. The molecule has 0 aliphatic heterocycles. The molecule has 0 radical (unpaired) electrons. The smallest absolute Gasteiger partial charge is 0.0619 e. The maximum Gasteiger partial charge on any atom is 0.0619 e. The van der Waals surface area contributed by atoms with E-state index < -0.39 is 0 Å². The van der Waals surface area contributed by atoms with Crippen molar-refractivity contribution < 1.29 is 0 Å². The summed E-state index contributed by atoms with van der Waals surface area (Å²) in [6.07, 6.45) is 0. The lowest BCUT2D eigenvalue weighted by molar-refractivity contribution is 0.660. The van der Waals surface area contributed by atoms with E-state index in [1.807, 2.05) is 0 Å². The lowest BCUT2D eigenvalue weighted by Crippen LogP contribution is -2.14. The Bertz CT molecular complexity index is 3950. The predicted molar refractivity (Wildman–Crippen MR) is 284 cm³/mol. The Morgan fingerprint density at radius 2 is 0.701 bits per heavy atom. The lowest BCUT2D eigenvalue weighted by atomic mass is 9.81. The zero-order chi connectivity index (χ0) is 44.4. The molecule has 1 aliphatic carbocycles. The molecule has 0 N–H and O–H groups in total. The Labute approximate surface area is 389 Å². The van der Waals surface area contributed by atoms with Gasteiger partial charge in [-0.2, -0.15) is 0 Å². The van der Waals surface area contributed by atoms with E-state index >= 15 is 0 Å². The van der Waals surface area contributed by atoms with Crippen LogP contribution < -0.4 is 0 Å². The van der Waals surface area contributed by atoms with Crippen LogP contribution in [0.2, 0.25) is 0 Å². The monoisotopic (exact) mass is 852 g/mol. The Kier molecular flexibility index (Phi) is 8.06. The molecule has 2 nitrogen and oxygen atoms in total. The van der Waals surface area contributed by atoms with E-state index in [4.69, 9.17) is 0 Å². The third-order valence-corrected chi connectivity index (χ3v) is 14.9. The summed E-state index contributed by atoms with van der Waals surface area (Å²) in [6.45, 7) is 4.74. The molecule has 1 aliphatic rings. The van der Waals surface area contributed by atoms with Crippen molar-refractivity contribution in [2.45, 2.75) is 19.3 Å². The zero-order valence-corrected chi connectivity index (χ0v) is 37.3. The highest BCUT2D eigenvalue weighted by molar-refractivity contribution is 6.23. The highest BCUT2D eigenvalue weighted by Crippen LogP contribution is 2.52. The second kappa shape index (κ2) is 14.3. The molecule has 11 aromatic carbocycles. The third kappa shape index (κ3) is 5.39. The van der Waals surface area contributed by atoms with Gasteiger partial charge < -0.3 is 9.13 Å². The van der Waals surface area contributed by atoms with E-state index in [9.17, 15) is 0 Å². The first kappa shape index (κ1) is 37.9. The van der Waals surface area contributed by atoms with Crippen LogP contribution in [0, 0.1) is 0 Å². The number of benzene rings is 11. The van der Waals surface area contributed by atoms with Crippen LogP contribution in [0.1, 0.15) is 25.0 Å². The molecule has 0 amide bonds. The fourth-order valence-electron chi connectivity index (χ4n) is 12.0. The van der Waals surface area contributed by atoms with Gasteiger partial charge >= 0.3 is 0 Å². The average molecular weight is 853 g/mol. The molecular weight excluding hydrogens is 809 g/mol. The minimum atomic E-state index is -0.0859. The Morgan fingerprint density at radius 3 is 1.25 bits per heavy atom. The molecule has 14 rings (SSSR count). The average Bonchev–Trinajstić information content (AvgIpc) is 3.99. The van der Waals surface area contributed by atoms with Crippen LogP contribution in [0.4, 0.5) is 0 Å². The number of para-hydroxylation sites is 6. The topological polar surface area (TPSA) is 9.86 Å². The number of hydrogen-bond donors (Lipinski definition) is 0. The Morgan fingerprint density at radius 1 is 0.284 bits per heavy atom. The molecule has 0 saturated carbocycles. The molecule has 0 atom stereocenters. The van der Waals surface area contributed by atoms with Crippen LogP contribution in [0.15, 0.2) is 231 Å². The van der Waals surface area contributed by atoms with Crippen LogP contribution in [0.3, 0.4) is 0 Å². The summed E-state index contributed by atoms with van der Waals surface area (Å²) in [6, 6.07) is 85.9. The molecule has 314 valence electrons. The van der Waals surface area contributed by atoms with Gasteiger partial charge in [-0.05, 0) is 115 Å². The van der Waals surface area contributed by atoms with Gasteiger partial charge in [0.05, 0.1) is 22.1 Å². The van der Waals surface area contributed by atoms with Crippen LogP contribution in [0.25, 0.3) is 121 Å². The molecular formula is C65H44N2. The number of hydrogen-bond acceptors (Lipinski definition) is 0. The van der Waals surface area contributed by atoms with Crippen molar-refractivity contribution in [3.8, 4) is 55.9 Å². The van der Waals surface area contributed by atoms with Crippen molar-refractivity contribution in [2.75, 3.05) is 0 Å². The largest absolute Gasteiger partial charge is 0.309 e. The fourth-order valence-corrected chi connectivity index (χ4v) is 12.0. The molecule has 67 heavy (non-hydrogen) atoms. The Balaban J connectivity index is 1.13. The van der Waals surface area contributed by atoms with Gasteiger partial charge in [-0.15, -0.1) is 0 Å². The molecule has 2 aromatic heterocycles. The zero-order valence-electron chi connectivity index (χ0n) is 37.3. The quantitative estimate of drug-likeness (QED) is 0.153. The molecule has 13 aromatic rings. The van der Waals surface area contributed by atoms with Gasteiger partial charge in [0.15, 0.2) is 0 Å². The second-order valence-corrected chi connectivity index (χ2v) is 18.8. The van der Waals surface area contributed by atoms with Gasteiger partial charge in [0.1, 0.15) is 0 Å². The maximum absolute atomic E-state index is 2.51. The molecule has 2 heterocycles. The minimum absolute atomic E-state index is 0.0859. The summed E-state index contributed by atoms with van der Waals surface area (Å²) >= 11 is 0. The van der Waals surface area contributed by atoms with Gasteiger partial charge in [0.25, 0.3) is 0 Å². The van der Waals surface area contributed by atoms with Crippen LogP contribution in [-0.2, 0) is 5.41 Å². The van der Waals surface area contributed by atoms with Crippen molar-refractivity contribution >= 4 is 65.2 Å². The number of fused-ring (bicyclic) bond motifs is 11. The van der Waals surface area contributed by atoms with E-state index in [2.05, 4.69) is 254 Å². The van der Waals surface area contributed by atoms with E-state index in [-0.39, 0.29) is 5.41 Å². The van der Waals surface area contributed by atoms with Gasteiger partial charge in [0.2, 0.25) is 0 Å². The van der Waals surface area contributed by atoms with Crippen molar-refractivity contribution in [1.82, 2.24) is 9.13 Å². The van der Waals surface area contributed by atoms with Crippen LogP contribution >= 0.6 is 0 Å². The number of nitrogens with zero attached hydrogens (tertiary/aromatic N) is 2. The molecule has 0 bridgehead atoms. The number of aromatic nitrogens is 2. The summed E-state index contributed by atoms with van der Waals surface area (Å²) in [4.78, 5) is 0.